The summed E-state index contributed by atoms with van der Waals surface area (Å²) >= 11 is 0. The zero-order chi connectivity index (χ0) is 13.5. The summed E-state index contributed by atoms with van der Waals surface area (Å²) in [4.78, 5) is 33.6. The van der Waals surface area contributed by atoms with Crippen LogP contribution in [0.15, 0.2) is 0 Å². The Bertz CT molecular complexity index is 330. The van der Waals surface area contributed by atoms with E-state index in [2.05, 4.69) is 10.6 Å². The zero-order valence-corrected chi connectivity index (χ0v) is 10.6. The Morgan fingerprint density at radius 1 is 1.17 bits per heavy atom. The predicted molar refractivity (Wildman–Crippen MR) is 64.8 cm³/mol. The van der Waals surface area contributed by atoms with E-state index in [1.807, 2.05) is 6.92 Å². The molecule has 0 heterocycles. The fourth-order valence-corrected chi connectivity index (χ4v) is 2.17. The molecule has 1 saturated carbocycles. The summed E-state index contributed by atoms with van der Waals surface area (Å²) < 4.78 is 0. The molecular formula is C12H20N2O4. The molecule has 0 aromatic rings. The molecule has 102 valence electrons. The number of carbonyl (C=O) groups excluding carboxylic acids is 2. The van der Waals surface area contributed by atoms with Crippen molar-refractivity contribution in [2.24, 2.45) is 11.8 Å². The van der Waals surface area contributed by atoms with Crippen molar-refractivity contribution in [3.05, 3.63) is 0 Å². The van der Waals surface area contributed by atoms with Crippen LogP contribution in [0.2, 0.25) is 0 Å². The molecule has 0 radical (unpaired) electrons. The molecule has 18 heavy (non-hydrogen) atoms. The van der Waals surface area contributed by atoms with Gasteiger partial charge in [0.15, 0.2) is 0 Å². The standard InChI is InChI=1S/C12H20N2O4/c1-2-13-10(15)5-6-14-11(16)8-3-4-9(7-8)12(17)18/h8-9H,2-7H2,1H3,(H,13,15)(H,14,16)(H,17,18). The maximum absolute atomic E-state index is 11.7. The van der Waals surface area contributed by atoms with Gasteiger partial charge in [-0.1, -0.05) is 0 Å². The van der Waals surface area contributed by atoms with Gasteiger partial charge in [-0.15, -0.1) is 0 Å². The SMILES string of the molecule is CCNC(=O)CCNC(=O)C1CCC(C(=O)O)C1. The van der Waals surface area contributed by atoms with Gasteiger partial charge in [-0.3, -0.25) is 14.4 Å². The van der Waals surface area contributed by atoms with E-state index in [-0.39, 0.29) is 24.2 Å². The third-order valence-electron chi connectivity index (χ3n) is 3.18. The predicted octanol–water partition coefficient (Wildman–Crippen LogP) is 0.130. The molecule has 0 spiro atoms. The van der Waals surface area contributed by atoms with Gasteiger partial charge in [0.1, 0.15) is 0 Å². The van der Waals surface area contributed by atoms with Crippen molar-refractivity contribution in [1.29, 1.82) is 0 Å². The van der Waals surface area contributed by atoms with Crippen LogP contribution in [0.3, 0.4) is 0 Å². The summed E-state index contributed by atoms with van der Waals surface area (Å²) in [5.41, 5.74) is 0. The third kappa shape index (κ3) is 4.35. The van der Waals surface area contributed by atoms with Gasteiger partial charge in [0.2, 0.25) is 11.8 Å². The van der Waals surface area contributed by atoms with Gasteiger partial charge in [0.05, 0.1) is 5.92 Å². The van der Waals surface area contributed by atoms with E-state index in [0.717, 1.165) is 0 Å². The Kier molecular flexibility index (Phi) is 5.61. The smallest absolute Gasteiger partial charge is 0.306 e. The molecule has 1 rings (SSSR count). The maximum Gasteiger partial charge on any atom is 0.306 e. The van der Waals surface area contributed by atoms with Crippen LogP contribution in [0.5, 0.6) is 0 Å². The first-order valence-electron chi connectivity index (χ1n) is 6.31. The number of hydrogen-bond acceptors (Lipinski definition) is 3. The van der Waals surface area contributed by atoms with E-state index < -0.39 is 11.9 Å². The summed E-state index contributed by atoms with van der Waals surface area (Å²) in [5, 5.41) is 14.2. The van der Waals surface area contributed by atoms with Gasteiger partial charge in [-0.05, 0) is 26.2 Å². The lowest BCUT2D eigenvalue weighted by Crippen LogP contribution is -2.33. The van der Waals surface area contributed by atoms with Gasteiger partial charge in [-0.2, -0.15) is 0 Å². The summed E-state index contributed by atoms with van der Waals surface area (Å²) in [6.45, 7) is 2.72. The van der Waals surface area contributed by atoms with Crippen molar-refractivity contribution < 1.29 is 19.5 Å². The molecule has 0 aromatic carbocycles. The van der Waals surface area contributed by atoms with Crippen LogP contribution in [0.25, 0.3) is 0 Å². The number of amides is 2. The lowest BCUT2D eigenvalue weighted by atomic mass is 10.0. The van der Waals surface area contributed by atoms with Crippen molar-refractivity contribution in [3.8, 4) is 0 Å². The molecule has 1 aliphatic carbocycles. The lowest BCUT2D eigenvalue weighted by molar-refractivity contribution is -0.141. The number of carbonyl (C=O) groups is 3. The van der Waals surface area contributed by atoms with Gasteiger partial charge >= 0.3 is 5.97 Å². The first kappa shape index (κ1) is 14.5. The largest absolute Gasteiger partial charge is 0.481 e. The summed E-state index contributed by atoms with van der Waals surface area (Å²) in [7, 11) is 0. The topological polar surface area (TPSA) is 95.5 Å². The van der Waals surface area contributed by atoms with E-state index >= 15 is 0 Å². The van der Waals surface area contributed by atoms with E-state index in [4.69, 9.17) is 5.11 Å². The molecule has 1 aliphatic rings. The Balaban J connectivity index is 2.22. The van der Waals surface area contributed by atoms with E-state index in [1.165, 1.54) is 0 Å². The number of rotatable bonds is 6. The van der Waals surface area contributed by atoms with E-state index in [1.54, 1.807) is 0 Å². The molecule has 6 heteroatoms. The van der Waals surface area contributed by atoms with Crippen LogP contribution in [0.1, 0.15) is 32.6 Å². The minimum absolute atomic E-state index is 0.0902. The minimum atomic E-state index is -0.826. The number of carboxylic acid groups (broad SMARTS) is 1. The second-order valence-corrected chi connectivity index (χ2v) is 4.54. The molecule has 2 unspecified atom stereocenters. The molecule has 0 saturated heterocycles. The number of carboxylic acids is 1. The Hall–Kier alpha value is -1.59. The third-order valence-corrected chi connectivity index (χ3v) is 3.18. The average Bonchev–Trinajstić information content (AvgIpc) is 2.78. The van der Waals surface area contributed by atoms with Crippen LogP contribution in [0.4, 0.5) is 0 Å². The summed E-state index contributed by atoms with van der Waals surface area (Å²) in [6.07, 6.45) is 1.84. The fourth-order valence-electron chi connectivity index (χ4n) is 2.17. The van der Waals surface area contributed by atoms with Crippen molar-refractivity contribution >= 4 is 17.8 Å². The molecule has 1 fully saturated rings. The van der Waals surface area contributed by atoms with Crippen molar-refractivity contribution in [2.75, 3.05) is 13.1 Å². The second-order valence-electron chi connectivity index (χ2n) is 4.54. The first-order valence-corrected chi connectivity index (χ1v) is 6.31. The molecule has 6 nitrogen and oxygen atoms in total. The fraction of sp³-hybridized carbons (Fsp3) is 0.750. The van der Waals surface area contributed by atoms with Crippen LogP contribution in [-0.2, 0) is 14.4 Å². The Labute approximate surface area is 106 Å². The van der Waals surface area contributed by atoms with Crippen molar-refractivity contribution in [3.63, 3.8) is 0 Å². The first-order chi connectivity index (χ1) is 8.54. The molecule has 0 aliphatic heterocycles. The van der Waals surface area contributed by atoms with Crippen LogP contribution in [0, 0.1) is 11.8 Å². The second kappa shape index (κ2) is 6.98. The highest BCUT2D eigenvalue weighted by atomic mass is 16.4. The molecule has 2 amide bonds. The molecular weight excluding hydrogens is 236 g/mol. The van der Waals surface area contributed by atoms with Crippen LogP contribution in [-0.4, -0.2) is 36.0 Å². The van der Waals surface area contributed by atoms with Crippen LogP contribution >= 0.6 is 0 Å². The van der Waals surface area contributed by atoms with Gasteiger partial charge in [0.25, 0.3) is 0 Å². The molecule has 0 bridgehead atoms. The number of hydrogen-bond donors (Lipinski definition) is 3. The van der Waals surface area contributed by atoms with Gasteiger partial charge in [0, 0.05) is 25.4 Å². The van der Waals surface area contributed by atoms with Crippen molar-refractivity contribution in [1.82, 2.24) is 10.6 Å². The Morgan fingerprint density at radius 3 is 2.39 bits per heavy atom. The van der Waals surface area contributed by atoms with E-state index in [9.17, 15) is 14.4 Å². The molecule has 2 atom stereocenters. The Morgan fingerprint density at radius 2 is 1.83 bits per heavy atom. The quantitative estimate of drug-likeness (QED) is 0.629. The summed E-state index contributed by atoms with van der Waals surface area (Å²) in [5.74, 6) is -1.67. The van der Waals surface area contributed by atoms with Crippen LogP contribution < -0.4 is 10.6 Å². The highest BCUT2D eigenvalue weighted by Crippen LogP contribution is 2.30. The van der Waals surface area contributed by atoms with E-state index in [0.29, 0.717) is 32.4 Å². The van der Waals surface area contributed by atoms with Gasteiger partial charge < -0.3 is 15.7 Å². The highest BCUT2D eigenvalue weighted by Gasteiger charge is 2.33. The molecule has 3 N–H and O–H groups in total. The zero-order valence-electron chi connectivity index (χ0n) is 10.6. The lowest BCUT2D eigenvalue weighted by Gasteiger charge is -2.10. The number of nitrogens with one attached hydrogen (secondary N) is 2. The van der Waals surface area contributed by atoms with Gasteiger partial charge in [-0.25, -0.2) is 0 Å². The minimum Gasteiger partial charge on any atom is -0.481 e. The highest BCUT2D eigenvalue weighted by molar-refractivity contribution is 5.82. The monoisotopic (exact) mass is 256 g/mol. The van der Waals surface area contributed by atoms with Crippen molar-refractivity contribution in [2.45, 2.75) is 32.6 Å². The summed E-state index contributed by atoms with van der Waals surface area (Å²) in [6, 6.07) is 0. The maximum atomic E-state index is 11.7. The molecule has 0 aromatic heterocycles. The number of aliphatic carboxylic acids is 1. The average molecular weight is 256 g/mol. The normalized spacial score (nSPS) is 22.5.